The number of alkyl halides is 3. The van der Waals surface area contributed by atoms with Gasteiger partial charge in [-0.2, -0.15) is 18.4 Å². The monoisotopic (exact) mass is 630 g/mol. The fourth-order valence-corrected chi connectivity index (χ4v) is 6.53. The van der Waals surface area contributed by atoms with E-state index in [1.807, 2.05) is 11.0 Å². The molecule has 0 aliphatic heterocycles. The Morgan fingerprint density at radius 2 is 1.75 bits per heavy atom. The first-order chi connectivity index (χ1) is 20.5. The molecule has 3 aromatic rings. The second kappa shape index (κ2) is 13.9. The molecule has 11 heteroatoms. The summed E-state index contributed by atoms with van der Waals surface area (Å²) in [6.07, 6.45) is 1.61. The van der Waals surface area contributed by atoms with E-state index in [1.54, 1.807) is 13.0 Å². The van der Waals surface area contributed by atoms with Crippen molar-refractivity contribution in [3.05, 3.63) is 75.5 Å². The van der Waals surface area contributed by atoms with Crippen LogP contribution in [0.1, 0.15) is 78.1 Å². The molecule has 0 saturated heterocycles. The number of carboxylic acids is 1. The number of benzene rings is 2. The number of hydrogen-bond donors (Lipinski definition) is 1. The zero-order valence-electron chi connectivity index (χ0n) is 25.0. The molecule has 1 fully saturated rings. The van der Waals surface area contributed by atoms with Gasteiger partial charge in [0.25, 0.3) is 0 Å². The van der Waals surface area contributed by atoms with Crippen LogP contribution < -0.4 is 9.80 Å². The van der Waals surface area contributed by atoms with Gasteiger partial charge in [0.05, 0.1) is 28.8 Å². The maximum atomic E-state index is 13.7. The van der Waals surface area contributed by atoms with E-state index in [-0.39, 0.29) is 30.4 Å². The molecule has 1 aromatic heterocycles. The summed E-state index contributed by atoms with van der Waals surface area (Å²) in [7, 11) is 0. The molecule has 2 aliphatic carbocycles. The van der Waals surface area contributed by atoms with Crippen molar-refractivity contribution >= 4 is 29.9 Å². The zero-order valence-corrected chi connectivity index (χ0v) is 25.8. The number of aromatic nitrogens is 1. The molecule has 236 valence electrons. The molecular weight excluding hydrogens is 593 g/mol. The largest absolute Gasteiger partial charge is 0.481 e. The van der Waals surface area contributed by atoms with Gasteiger partial charge in [-0.15, -0.1) is 12.4 Å². The molecule has 1 saturated carbocycles. The molecular formula is C33H38ClF3N4O3. The normalized spacial score (nSPS) is 17.8. The number of carbonyl (C=O) groups is 1. The van der Waals surface area contributed by atoms with Crippen molar-refractivity contribution < 1.29 is 27.6 Å². The third kappa shape index (κ3) is 7.68. The number of anilines is 2. The molecule has 0 unspecified atom stereocenters. The number of nitriles is 1. The van der Waals surface area contributed by atoms with Crippen LogP contribution >= 0.6 is 12.4 Å². The number of halogens is 4. The quantitative estimate of drug-likeness (QED) is 0.245. The maximum Gasteiger partial charge on any atom is 0.416 e. The Morgan fingerprint density at radius 1 is 1.05 bits per heavy atom. The third-order valence-corrected chi connectivity index (χ3v) is 8.80. The molecule has 0 amide bonds. The molecule has 1 heterocycles. The Morgan fingerprint density at radius 3 is 2.34 bits per heavy atom. The van der Waals surface area contributed by atoms with Crippen LogP contribution in [-0.2, 0) is 36.9 Å². The first kappa shape index (κ1) is 33.2. The molecule has 0 atom stereocenters. The number of aliphatic carboxylic acids is 1. The van der Waals surface area contributed by atoms with E-state index in [0.717, 1.165) is 68.6 Å². The van der Waals surface area contributed by atoms with Crippen LogP contribution in [0.2, 0.25) is 0 Å². The first-order valence-corrected chi connectivity index (χ1v) is 15.0. The lowest BCUT2D eigenvalue weighted by molar-refractivity contribution is -0.143. The van der Waals surface area contributed by atoms with E-state index in [1.165, 1.54) is 17.2 Å². The molecule has 0 radical (unpaired) electrons. The predicted octanol–water partition coefficient (Wildman–Crippen LogP) is 7.71. The molecule has 0 spiro atoms. The summed E-state index contributed by atoms with van der Waals surface area (Å²) in [5, 5.41) is 22.9. The lowest BCUT2D eigenvalue weighted by Gasteiger charge is -2.34. The van der Waals surface area contributed by atoms with E-state index in [4.69, 9.17) is 4.52 Å². The highest BCUT2D eigenvalue weighted by Crippen LogP contribution is 2.36. The second-order valence-electron chi connectivity index (χ2n) is 11.9. The standard InChI is InChI=1S/C33H37F3N4O3.ClH/c1-3-39(18-22-7-9-25(10-8-22)32(41)42)30-16-27-6-4-5-26(27)15-28(30)20-40(31-11-21(2)38-43-31)19-24-12-23(17-37)13-29(14-24)33(34,35)36;/h11-16,22,25H,3-10,18-20H2,1-2H3,(H,41,42);1H. The van der Waals surface area contributed by atoms with Gasteiger partial charge in [0.15, 0.2) is 0 Å². The van der Waals surface area contributed by atoms with E-state index in [2.05, 4.69) is 29.1 Å². The molecule has 5 rings (SSSR count). The van der Waals surface area contributed by atoms with Crippen molar-refractivity contribution in [3.8, 4) is 6.07 Å². The zero-order chi connectivity index (χ0) is 30.7. The Balaban J connectivity index is 0.00000442. The van der Waals surface area contributed by atoms with Gasteiger partial charge in [0.1, 0.15) is 0 Å². The highest BCUT2D eigenvalue weighted by molar-refractivity contribution is 5.85. The fraction of sp³-hybridized carbons (Fsp3) is 0.485. The summed E-state index contributed by atoms with van der Waals surface area (Å²) in [4.78, 5) is 15.7. The van der Waals surface area contributed by atoms with Crippen LogP contribution in [0.4, 0.5) is 24.7 Å². The summed E-state index contributed by atoms with van der Waals surface area (Å²) < 4.78 is 46.6. The number of fused-ring (bicyclic) bond motifs is 1. The van der Waals surface area contributed by atoms with Crippen molar-refractivity contribution in [1.29, 1.82) is 5.26 Å². The van der Waals surface area contributed by atoms with Gasteiger partial charge in [-0.1, -0.05) is 11.2 Å². The summed E-state index contributed by atoms with van der Waals surface area (Å²) in [6.45, 7) is 5.96. The number of carboxylic acid groups (broad SMARTS) is 1. The molecule has 7 nitrogen and oxygen atoms in total. The van der Waals surface area contributed by atoms with Gasteiger partial charge in [0.2, 0.25) is 5.88 Å². The molecule has 44 heavy (non-hydrogen) atoms. The molecule has 0 bridgehead atoms. The third-order valence-electron chi connectivity index (χ3n) is 8.80. The summed E-state index contributed by atoms with van der Waals surface area (Å²) in [5.74, 6) is -0.149. The lowest BCUT2D eigenvalue weighted by Crippen LogP contribution is -2.34. The van der Waals surface area contributed by atoms with Crippen molar-refractivity contribution in [2.24, 2.45) is 11.8 Å². The number of rotatable bonds is 10. The summed E-state index contributed by atoms with van der Waals surface area (Å²) in [5.41, 5.74) is 4.85. The first-order valence-electron chi connectivity index (χ1n) is 15.0. The van der Waals surface area contributed by atoms with Gasteiger partial charge < -0.3 is 19.4 Å². The molecule has 2 aromatic carbocycles. The average Bonchev–Trinajstić information content (AvgIpc) is 3.63. The fourth-order valence-electron chi connectivity index (χ4n) is 6.53. The highest BCUT2D eigenvalue weighted by atomic mass is 35.5. The average molecular weight is 631 g/mol. The van der Waals surface area contributed by atoms with Gasteiger partial charge in [0, 0.05) is 37.9 Å². The van der Waals surface area contributed by atoms with Crippen molar-refractivity contribution in [2.45, 2.75) is 78.1 Å². The van der Waals surface area contributed by atoms with Crippen LogP contribution in [0.5, 0.6) is 0 Å². The van der Waals surface area contributed by atoms with E-state index in [9.17, 15) is 28.3 Å². The Hall–Kier alpha value is -3.71. The molecule has 2 aliphatic rings. The topological polar surface area (TPSA) is 93.6 Å². The van der Waals surface area contributed by atoms with Gasteiger partial charge in [-0.25, -0.2) is 0 Å². The minimum atomic E-state index is -4.58. The van der Waals surface area contributed by atoms with Crippen LogP contribution in [-0.4, -0.2) is 29.3 Å². The van der Waals surface area contributed by atoms with Crippen LogP contribution in [0, 0.1) is 30.1 Å². The van der Waals surface area contributed by atoms with E-state index >= 15 is 0 Å². The number of nitrogens with zero attached hydrogens (tertiary/aromatic N) is 4. The van der Waals surface area contributed by atoms with Gasteiger partial charge in [-0.3, -0.25) is 4.79 Å². The van der Waals surface area contributed by atoms with Crippen molar-refractivity contribution in [2.75, 3.05) is 22.9 Å². The van der Waals surface area contributed by atoms with E-state index in [0.29, 0.717) is 42.4 Å². The number of hydrogen-bond acceptors (Lipinski definition) is 6. The lowest BCUT2D eigenvalue weighted by atomic mass is 9.81. The second-order valence-corrected chi connectivity index (χ2v) is 11.9. The minimum absolute atomic E-state index is 0. The highest BCUT2D eigenvalue weighted by Gasteiger charge is 2.32. The predicted molar refractivity (Wildman–Crippen MR) is 164 cm³/mol. The summed E-state index contributed by atoms with van der Waals surface area (Å²) >= 11 is 0. The SMILES string of the molecule is CCN(CC1CCC(C(=O)O)CC1)c1cc2c(cc1CN(Cc1cc(C#N)cc(C(F)(F)F)c1)c1cc(C)no1)CCC2.Cl. The smallest absolute Gasteiger partial charge is 0.416 e. The number of aryl methyl sites for hydroxylation is 3. The Kier molecular flexibility index (Phi) is 10.5. The van der Waals surface area contributed by atoms with Crippen LogP contribution in [0.15, 0.2) is 40.9 Å². The Bertz CT molecular complexity index is 1510. The van der Waals surface area contributed by atoms with Crippen molar-refractivity contribution in [1.82, 2.24) is 5.16 Å². The van der Waals surface area contributed by atoms with Crippen LogP contribution in [0.3, 0.4) is 0 Å². The van der Waals surface area contributed by atoms with Crippen molar-refractivity contribution in [3.63, 3.8) is 0 Å². The van der Waals surface area contributed by atoms with Gasteiger partial charge in [-0.05, 0) is 111 Å². The summed E-state index contributed by atoms with van der Waals surface area (Å²) in [6, 6.07) is 11.6. The van der Waals surface area contributed by atoms with Gasteiger partial charge >= 0.3 is 12.1 Å². The van der Waals surface area contributed by atoms with Crippen LogP contribution in [0.25, 0.3) is 0 Å². The Labute approximate surface area is 262 Å². The van der Waals surface area contributed by atoms with E-state index < -0.39 is 17.7 Å². The minimum Gasteiger partial charge on any atom is -0.481 e. The molecule has 1 N–H and O–H groups in total. The maximum absolute atomic E-state index is 13.7.